The summed E-state index contributed by atoms with van der Waals surface area (Å²) >= 11 is 0. The first-order valence-corrected chi connectivity index (χ1v) is 4.58. The average molecular weight is 174 g/mol. The lowest BCUT2D eigenvalue weighted by atomic mass is 10.3. The first-order valence-electron chi connectivity index (χ1n) is 4.58. The van der Waals surface area contributed by atoms with Gasteiger partial charge < -0.3 is 15.4 Å². The van der Waals surface area contributed by atoms with Crippen LogP contribution in [0.25, 0.3) is 0 Å². The highest BCUT2D eigenvalue weighted by Crippen LogP contribution is 1.90. The number of rotatable bonds is 6. The van der Waals surface area contributed by atoms with E-state index in [-0.39, 0.29) is 6.04 Å². The Morgan fingerprint density at radius 2 is 1.92 bits per heavy atom. The van der Waals surface area contributed by atoms with Crippen LogP contribution in [0.4, 0.5) is 0 Å². The van der Waals surface area contributed by atoms with E-state index < -0.39 is 0 Å². The highest BCUT2D eigenvalue weighted by Gasteiger charge is 2.01. The predicted octanol–water partition coefficient (Wildman–Crippen LogP) is 0.690. The van der Waals surface area contributed by atoms with Gasteiger partial charge in [-0.15, -0.1) is 0 Å². The maximum Gasteiger partial charge on any atom is 0.0596 e. The standard InChI is InChI=1S/C9H22N2O/c1-8(2)12-6-5-11(4)7-9(3)10/h8-9H,5-7,10H2,1-4H3/t9-/m0/s1. The Morgan fingerprint density at radius 3 is 2.33 bits per heavy atom. The summed E-state index contributed by atoms with van der Waals surface area (Å²) in [6.45, 7) is 8.79. The van der Waals surface area contributed by atoms with Crippen molar-refractivity contribution in [3.05, 3.63) is 0 Å². The van der Waals surface area contributed by atoms with E-state index >= 15 is 0 Å². The van der Waals surface area contributed by atoms with Crippen LogP contribution in [0.3, 0.4) is 0 Å². The second-order valence-corrected chi connectivity index (χ2v) is 3.66. The van der Waals surface area contributed by atoms with E-state index in [4.69, 9.17) is 10.5 Å². The molecular formula is C9H22N2O. The summed E-state index contributed by atoms with van der Waals surface area (Å²) in [6.07, 6.45) is 0.327. The van der Waals surface area contributed by atoms with Crippen molar-refractivity contribution in [3.63, 3.8) is 0 Å². The number of likely N-dealkylation sites (N-methyl/N-ethyl adjacent to an activating group) is 1. The molecule has 0 spiro atoms. The smallest absolute Gasteiger partial charge is 0.0596 e. The van der Waals surface area contributed by atoms with Gasteiger partial charge in [0, 0.05) is 19.1 Å². The van der Waals surface area contributed by atoms with E-state index in [0.29, 0.717) is 6.10 Å². The van der Waals surface area contributed by atoms with Crippen LogP contribution in [0.15, 0.2) is 0 Å². The van der Waals surface area contributed by atoms with Crippen molar-refractivity contribution >= 4 is 0 Å². The van der Waals surface area contributed by atoms with Crippen molar-refractivity contribution in [3.8, 4) is 0 Å². The monoisotopic (exact) mass is 174 g/mol. The summed E-state index contributed by atoms with van der Waals surface area (Å²) in [5.41, 5.74) is 5.64. The maximum absolute atomic E-state index is 5.64. The van der Waals surface area contributed by atoms with Gasteiger partial charge in [-0.2, -0.15) is 0 Å². The fraction of sp³-hybridized carbons (Fsp3) is 1.00. The SMILES string of the molecule is CC(C)OCCN(C)C[C@H](C)N. The number of nitrogens with zero attached hydrogens (tertiary/aromatic N) is 1. The van der Waals surface area contributed by atoms with Crippen LogP contribution in [0, 0.1) is 0 Å². The molecule has 3 nitrogen and oxygen atoms in total. The summed E-state index contributed by atoms with van der Waals surface area (Å²) in [5, 5.41) is 0. The molecule has 0 aliphatic heterocycles. The van der Waals surface area contributed by atoms with E-state index in [2.05, 4.69) is 11.9 Å². The minimum absolute atomic E-state index is 0.244. The summed E-state index contributed by atoms with van der Waals surface area (Å²) < 4.78 is 5.41. The molecule has 0 radical (unpaired) electrons. The van der Waals surface area contributed by atoms with Gasteiger partial charge in [0.05, 0.1) is 12.7 Å². The van der Waals surface area contributed by atoms with E-state index in [1.165, 1.54) is 0 Å². The van der Waals surface area contributed by atoms with Gasteiger partial charge in [-0.3, -0.25) is 0 Å². The normalized spacial score (nSPS) is 14.2. The van der Waals surface area contributed by atoms with Crippen molar-refractivity contribution in [2.45, 2.75) is 32.9 Å². The van der Waals surface area contributed by atoms with Crippen LogP contribution in [-0.4, -0.2) is 43.8 Å². The summed E-state index contributed by atoms with van der Waals surface area (Å²) in [7, 11) is 2.06. The van der Waals surface area contributed by atoms with Crippen molar-refractivity contribution < 1.29 is 4.74 Å². The average Bonchev–Trinajstić information content (AvgIpc) is 1.84. The molecule has 0 amide bonds. The minimum Gasteiger partial charge on any atom is -0.377 e. The topological polar surface area (TPSA) is 38.5 Å². The van der Waals surface area contributed by atoms with Gasteiger partial charge in [-0.05, 0) is 27.8 Å². The molecule has 0 aromatic carbocycles. The molecule has 12 heavy (non-hydrogen) atoms. The molecule has 2 N–H and O–H groups in total. The Bertz CT molecular complexity index is 105. The molecule has 0 saturated heterocycles. The Kier molecular flexibility index (Phi) is 6.34. The molecule has 0 bridgehead atoms. The largest absolute Gasteiger partial charge is 0.377 e. The zero-order valence-corrected chi connectivity index (χ0v) is 8.71. The molecule has 74 valence electrons. The highest BCUT2D eigenvalue weighted by atomic mass is 16.5. The Morgan fingerprint density at radius 1 is 1.33 bits per heavy atom. The lowest BCUT2D eigenvalue weighted by Crippen LogP contribution is -2.35. The number of nitrogens with two attached hydrogens (primary N) is 1. The number of hydrogen-bond donors (Lipinski definition) is 1. The zero-order valence-electron chi connectivity index (χ0n) is 8.71. The minimum atomic E-state index is 0.244. The summed E-state index contributed by atoms with van der Waals surface area (Å²) in [6, 6.07) is 0.244. The molecule has 0 aliphatic carbocycles. The molecule has 0 aromatic rings. The molecule has 0 aliphatic rings. The first-order chi connectivity index (χ1) is 5.52. The van der Waals surface area contributed by atoms with Crippen molar-refractivity contribution in [2.75, 3.05) is 26.7 Å². The van der Waals surface area contributed by atoms with Crippen molar-refractivity contribution in [2.24, 2.45) is 5.73 Å². The van der Waals surface area contributed by atoms with E-state index in [9.17, 15) is 0 Å². The summed E-state index contributed by atoms with van der Waals surface area (Å²) in [5.74, 6) is 0. The third-order valence-electron chi connectivity index (χ3n) is 1.52. The molecule has 0 heterocycles. The number of hydrogen-bond acceptors (Lipinski definition) is 3. The molecule has 0 rings (SSSR count). The van der Waals surface area contributed by atoms with Gasteiger partial charge in [0.15, 0.2) is 0 Å². The molecular weight excluding hydrogens is 152 g/mol. The summed E-state index contributed by atoms with van der Waals surface area (Å²) in [4.78, 5) is 2.19. The van der Waals surface area contributed by atoms with Gasteiger partial charge in [0.25, 0.3) is 0 Å². The van der Waals surface area contributed by atoms with Crippen LogP contribution >= 0.6 is 0 Å². The molecule has 0 unspecified atom stereocenters. The van der Waals surface area contributed by atoms with Gasteiger partial charge in [-0.25, -0.2) is 0 Å². The maximum atomic E-state index is 5.64. The molecule has 1 atom stereocenters. The van der Waals surface area contributed by atoms with Gasteiger partial charge in [-0.1, -0.05) is 0 Å². The third kappa shape index (κ3) is 7.98. The Labute approximate surface area is 75.9 Å². The van der Waals surface area contributed by atoms with Gasteiger partial charge in [0.1, 0.15) is 0 Å². The molecule has 3 heteroatoms. The van der Waals surface area contributed by atoms with Crippen LogP contribution in [0.5, 0.6) is 0 Å². The third-order valence-corrected chi connectivity index (χ3v) is 1.52. The lowest BCUT2D eigenvalue weighted by Gasteiger charge is -2.19. The fourth-order valence-corrected chi connectivity index (χ4v) is 1.03. The highest BCUT2D eigenvalue weighted by molar-refractivity contribution is 4.59. The van der Waals surface area contributed by atoms with E-state index in [1.807, 2.05) is 20.8 Å². The predicted molar refractivity (Wildman–Crippen MR) is 52.2 cm³/mol. The molecule has 0 aromatic heterocycles. The van der Waals surface area contributed by atoms with Gasteiger partial charge >= 0.3 is 0 Å². The lowest BCUT2D eigenvalue weighted by molar-refractivity contribution is 0.0632. The van der Waals surface area contributed by atoms with Crippen molar-refractivity contribution in [1.29, 1.82) is 0 Å². The first kappa shape index (κ1) is 11.9. The Balaban J connectivity index is 3.25. The quantitative estimate of drug-likeness (QED) is 0.644. The van der Waals surface area contributed by atoms with Gasteiger partial charge in [0.2, 0.25) is 0 Å². The molecule has 0 saturated carbocycles. The van der Waals surface area contributed by atoms with Crippen LogP contribution < -0.4 is 5.73 Å². The fourth-order valence-electron chi connectivity index (χ4n) is 1.03. The Hall–Kier alpha value is -0.120. The van der Waals surface area contributed by atoms with Crippen LogP contribution in [0.2, 0.25) is 0 Å². The van der Waals surface area contributed by atoms with Crippen molar-refractivity contribution in [1.82, 2.24) is 4.90 Å². The molecule has 0 fully saturated rings. The van der Waals surface area contributed by atoms with Crippen LogP contribution in [0.1, 0.15) is 20.8 Å². The zero-order chi connectivity index (χ0) is 9.56. The second-order valence-electron chi connectivity index (χ2n) is 3.66. The van der Waals surface area contributed by atoms with Crippen LogP contribution in [-0.2, 0) is 4.74 Å². The van der Waals surface area contributed by atoms with E-state index in [1.54, 1.807) is 0 Å². The second kappa shape index (κ2) is 6.40. The number of ether oxygens (including phenoxy) is 1. The van der Waals surface area contributed by atoms with E-state index in [0.717, 1.165) is 19.7 Å².